The molecule has 214 valence electrons. The molecule has 0 bridgehead atoms. The maximum absolute atomic E-state index is 13.3. The SMILES string of the molecule is O=C(N[C@@H](Cc1ccc(Cl)cc1)C(=O)O)/C(=C/c1cccc(C(F)(F)F)c1)NC(=O)c1ccc(-c2ccccc2)cc1. The predicted molar refractivity (Wildman–Crippen MR) is 153 cm³/mol. The molecule has 0 radical (unpaired) electrons. The number of halogens is 4. The molecular formula is C32H24ClF3N2O4. The Bertz CT molecular complexity index is 1600. The number of alkyl halides is 3. The van der Waals surface area contributed by atoms with Crippen LogP contribution in [0.15, 0.2) is 109 Å². The van der Waals surface area contributed by atoms with E-state index < -0.39 is 41.3 Å². The van der Waals surface area contributed by atoms with Crippen LogP contribution in [-0.4, -0.2) is 28.9 Å². The summed E-state index contributed by atoms with van der Waals surface area (Å²) < 4.78 is 39.9. The lowest BCUT2D eigenvalue weighted by atomic mass is 10.0. The van der Waals surface area contributed by atoms with Gasteiger partial charge >= 0.3 is 12.1 Å². The summed E-state index contributed by atoms with van der Waals surface area (Å²) in [6, 6.07) is 25.0. The number of carboxylic acid groups (broad SMARTS) is 1. The summed E-state index contributed by atoms with van der Waals surface area (Å²) in [5.41, 5.74) is 1.09. The molecule has 0 aliphatic heterocycles. The molecule has 42 heavy (non-hydrogen) atoms. The van der Waals surface area contributed by atoms with Crippen LogP contribution < -0.4 is 10.6 Å². The first kappa shape index (κ1) is 30.1. The number of aliphatic carboxylic acids is 1. The second kappa shape index (κ2) is 13.2. The van der Waals surface area contributed by atoms with Crippen molar-refractivity contribution in [3.63, 3.8) is 0 Å². The van der Waals surface area contributed by atoms with Gasteiger partial charge in [0.2, 0.25) is 0 Å². The van der Waals surface area contributed by atoms with Crippen molar-refractivity contribution in [3.8, 4) is 11.1 Å². The molecule has 4 aromatic carbocycles. The molecule has 6 nitrogen and oxygen atoms in total. The Labute approximate surface area is 244 Å². The highest BCUT2D eigenvalue weighted by Crippen LogP contribution is 2.30. The first-order valence-corrected chi connectivity index (χ1v) is 13.0. The van der Waals surface area contributed by atoms with E-state index in [1.807, 2.05) is 30.3 Å². The minimum Gasteiger partial charge on any atom is -0.480 e. The molecule has 2 amide bonds. The minimum absolute atomic E-state index is 0.0284. The molecule has 4 rings (SSSR count). The summed E-state index contributed by atoms with van der Waals surface area (Å²) in [4.78, 5) is 38.4. The van der Waals surface area contributed by atoms with Crippen LogP contribution >= 0.6 is 11.6 Å². The van der Waals surface area contributed by atoms with Crippen molar-refractivity contribution in [1.82, 2.24) is 10.6 Å². The Hall–Kier alpha value is -4.89. The van der Waals surface area contributed by atoms with Crippen LogP contribution in [0, 0.1) is 0 Å². The van der Waals surface area contributed by atoms with Crippen LogP contribution in [0.25, 0.3) is 17.2 Å². The van der Waals surface area contributed by atoms with Crippen molar-refractivity contribution >= 4 is 35.5 Å². The zero-order chi connectivity index (χ0) is 30.3. The van der Waals surface area contributed by atoms with Gasteiger partial charge in [0.15, 0.2) is 0 Å². The second-order valence-electron chi connectivity index (χ2n) is 9.27. The fraction of sp³-hybridized carbons (Fsp3) is 0.0938. The van der Waals surface area contributed by atoms with Gasteiger partial charge in [-0.2, -0.15) is 13.2 Å². The standard InChI is InChI=1S/C32H24ClF3N2O4/c33-26-15-9-20(10-16-26)18-28(31(41)42)38-30(40)27(19-21-5-4-8-25(17-21)32(34,35)36)37-29(39)24-13-11-23(12-14-24)22-6-2-1-3-7-22/h1-17,19,28H,18H2,(H,37,39)(H,38,40)(H,41,42)/b27-19-/t28-/m0/s1. The van der Waals surface area contributed by atoms with Gasteiger partial charge in [0, 0.05) is 17.0 Å². The zero-order valence-corrected chi connectivity index (χ0v) is 22.6. The lowest BCUT2D eigenvalue weighted by Gasteiger charge is -2.17. The van der Waals surface area contributed by atoms with E-state index in [0.29, 0.717) is 10.6 Å². The normalized spacial score (nSPS) is 12.3. The number of carboxylic acids is 1. The third kappa shape index (κ3) is 8.08. The first-order chi connectivity index (χ1) is 20.0. The quantitative estimate of drug-likeness (QED) is 0.191. The van der Waals surface area contributed by atoms with E-state index in [2.05, 4.69) is 10.6 Å². The van der Waals surface area contributed by atoms with Crippen molar-refractivity contribution < 1.29 is 32.7 Å². The maximum Gasteiger partial charge on any atom is 0.416 e. The molecule has 0 unspecified atom stereocenters. The summed E-state index contributed by atoms with van der Waals surface area (Å²) in [5.74, 6) is -3.06. The predicted octanol–water partition coefficient (Wildman–Crippen LogP) is 6.61. The van der Waals surface area contributed by atoms with Gasteiger partial charge in [-0.05, 0) is 64.7 Å². The number of rotatable bonds is 9. The van der Waals surface area contributed by atoms with E-state index in [4.69, 9.17) is 11.6 Å². The molecule has 4 aromatic rings. The molecular weight excluding hydrogens is 569 g/mol. The number of amides is 2. The third-order valence-corrected chi connectivity index (χ3v) is 6.48. The second-order valence-corrected chi connectivity index (χ2v) is 9.71. The molecule has 0 spiro atoms. The van der Waals surface area contributed by atoms with Gasteiger partial charge in [-0.25, -0.2) is 4.79 Å². The van der Waals surface area contributed by atoms with E-state index in [1.54, 1.807) is 36.4 Å². The number of hydrogen-bond acceptors (Lipinski definition) is 3. The highest BCUT2D eigenvalue weighted by molar-refractivity contribution is 6.30. The largest absolute Gasteiger partial charge is 0.480 e. The number of nitrogens with one attached hydrogen (secondary N) is 2. The van der Waals surface area contributed by atoms with E-state index in [-0.39, 0.29) is 17.5 Å². The summed E-state index contributed by atoms with van der Waals surface area (Å²) in [7, 11) is 0. The fourth-order valence-corrected chi connectivity index (χ4v) is 4.19. The Kier molecular flexibility index (Phi) is 9.44. The molecule has 0 heterocycles. The molecule has 1 atom stereocenters. The highest BCUT2D eigenvalue weighted by atomic mass is 35.5. The molecule has 0 saturated heterocycles. The van der Waals surface area contributed by atoms with E-state index >= 15 is 0 Å². The van der Waals surface area contributed by atoms with Crippen LogP contribution in [-0.2, 0) is 22.2 Å². The molecule has 0 fully saturated rings. The fourth-order valence-electron chi connectivity index (χ4n) is 4.06. The van der Waals surface area contributed by atoms with Gasteiger partial charge in [0.25, 0.3) is 11.8 Å². The van der Waals surface area contributed by atoms with Gasteiger partial charge in [0.1, 0.15) is 11.7 Å². The Balaban J connectivity index is 1.62. The molecule has 3 N–H and O–H groups in total. The van der Waals surface area contributed by atoms with Gasteiger partial charge in [-0.1, -0.05) is 78.3 Å². The summed E-state index contributed by atoms with van der Waals surface area (Å²) in [6.07, 6.45) is -3.69. The van der Waals surface area contributed by atoms with Crippen LogP contribution in [0.3, 0.4) is 0 Å². The first-order valence-electron chi connectivity index (χ1n) is 12.6. The number of carbonyl (C=O) groups excluding carboxylic acids is 2. The Morgan fingerprint density at radius 2 is 1.48 bits per heavy atom. The topological polar surface area (TPSA) is 95.5 Å². The van der Waals surface area contributed by atoms with Crippen molar-refractivity contribution in [3.05, 3.63) is 136 Å². The van der Waals surface area contributed by atoms with Crippen molar-refractivity contribution in [1.29, 1.82) is 0 Å². The third-order valence-electron chi connectivity index (χ3n) is 6.23. The van der Waals surface area contributed by atoms with Crippen molar-refractivity contribution in [2.24, 2.45) is 0 Å². The maximum atomic E-state index is 13.3. The van der Waals surface area contributed by atoms with Crippen LogP contribution in [0.4, 0.5) is 13.2 Å². The van der Waals surface area contributed by atoms with Gasteiger partial charge < -0.3 is 15.7 Å². The number of benzene rings is 4. The monoisotopic (exact) mass is 592 g/mol. The molecule has 0 aliphatic rings. The van der Waals surface area contributed by atoms with Crippen LogP contribution in [0.1, 0.15) is 27.0 Å². The molecule has 10 heteroatoms. The van der Waals surface area contributed by atoms with E-state index in [1.165, 1.54) is 18.2 Å². The Morgan fingerprint density at radius 1 is 0.833 bits per heavy atom. The smallest absolute Gasteiger partial charge is 0.416 e. The van der Waals surface area contributed by atoms with Crippen molar-refractivity contribution in [2.75, 3.05) is 0 Å². The minimum atomic E-state index is -4.64. The van der Waals surface area contributed by atoms with Crippen LogP contribution in [0.5, 0.6) is 0 Å². The molecule has 0 saturated carbocycles. The van der Waals surface area contributed by atoms with E-state index in [0.717, 1.165) is 35.4 Å². The average molecular weight is 593 g/mol. The highest BCUT2D eigenvalue weighted by Gasteiger charge is 2.30. The van der Waals surface area contributed by atoms with Gasteiger partial charge in [-0.15, -0.1) is 0 Å². The Morgan fingerprint density at radius 3 is 2.10 bits per heavy atom. The summed E-state index contributed by atoms with van der Waals surface area (Å²) >= 11 is 5.89. The average Bonchev–Trinajstić information content (AvgIpc) is 2.97. The molecule has 0 aliphatic carbocycles. The van der Waals surface area contributed by atoms with Crippen LogP contribution in [0.2, 0.25) is 5.02 Å². The van der Waals surface area contributed by atoms with Gasteiger partial charge in [-0.3, -0.25) is 9.59 Å². The lowest BCUT2D eigenvalue weighted by molar-refractivity contribution is -0.141. The number of carbonyl (C=O) groups is 3. The lowest BCUT2D eigenvalue weighted by Crippen LogP contribution is -2.45. The van der Waals surface area contributed by atoms with Gasteiger partial charge in [0.05, 0.1) is 5.56 Å². The number of hydrogen-bond donors (Lipinski definition) is 3. The van der Waals surface area contributed by atoms with Crippen molar-refractivity contribution in [2.45, 2.75) is 18.6 Å². The van der Waals surface area contributed by atoms with E-state index in [9.17, 15) is 32.7 Å². The summed E-state index contributed by atoms with van der Waals surface area (Å²) in [6.45, 7) is 0. The zero-order valence-electron chi connectivity index (χ0n) is 21.9. The summed E-state index contributed by atoms with van der Waals surface area (Å²) in [5, 5.41) is 15.0. The molecule has 0 aromatic heterocycles.